The summed E-state index contributed by atoms with van der Waals surface area (Å²) in [6.07, 6.45) is 0. The number of halogens is 5. The van der Waals surface area contributed by atoms with Gasteiger partial charge in [-0.3, -0.25) is 0 Å². The molecular weight excluding hydrogens is 514 g/mol. The van der Waals surface area contributed by atoms with Crippen LogP contribution in [0.25, 0.3) is 0 Å². The Morgan fingerprint density at radius 2 is 0.200 bits per heavy atom. The molecule has 10 heteroatoms. The van der Waals surface area contributed by atoms with Gasteiger partial charge in [-0.25, -0.2) is 0 Å². The third-order valence-corrected chi connectivity index (χ3v) is 0. The standard InChI is InChI=1S/5BrH.5Na/h5*1H;;;;;/q;;;;;5*+1/p-5. The van der Waals surface area contributed by atoms with Crippen LogP contribution in [0.5, 0.6) is 0 Å². The van der Waals surface area contributed by atoms with E-state index in [0.717, 1.165) is 0 Å². The van der Waals surface area contributed by atoms with Gasteiger partial charge in [0.25, 0.3) is 0 Å². The molecule has 0 saturated carbocycles. The van der Waals surface area contributed by atoms with E-state index >= 15 is 0 Å². The van der Waals surface area contributed by atoms with Crippen LogP contribution in [0.2, 0.25) is 0 Å². The molecule has 0 fully saturated rings. The van der Waals surface area contributed by atoms with Crippen molar-refractivity contribution in [3.63, 3.8) is 0 Å². The molecule has 0 aliphatic carbocycles. The molecule has 0 nitrogen and oxygen atoms in total. The molecule has 0 spiro atoms. The van der Waals surface area contributed by atoms with E-state index in [2.05, 4.69) is 0 Å². The zero-order valence-corrected chi connectivity index (χ0v) is 24.8. The molecule has 40 valence electrons. The fourth-order valence-electron chi connectivity index (χ4n) is 0. The maximum Gasteiger partial charge on any atom is 1.00 e. The fourth-order valence-corrected chi connectivity index (χ4v) is 0. The molecule has 10 heavy (non-hydrogen) atoms. The van der Waals surface area contributed by atoms with Gasteiger partial charge in [0.2, 0.25) is 0 Å². The van der Waals surface area contributed by atoms with Gasteiger partial charge in [0.05, 0.1) is 0 Å². The van der Waals surface area contributed by atoms with Crippen LogP contribution in [0.1, 0.15) is 0 Å². The van der Waals surface area contributed by atoms with Gasteiger partial charge >= 0.3 is 148 Å². The second-order valence-corrected chi connectivity index (χ2v) is 0. The second-order valence-electron chi connectivity index (χ2n) is 0. The van der Waals surface area contributed by atoms with Gasteiger partial charge in [-0.1, -0.05) is 0 Å². The van der Waals surface area contributed by atoms with Crippen molar-refractivity contribution in [2.75, 3.05) is 0 Å². The van der Waals surface area contributed by atoms with Gasteiger partial charge < -0.3 is 84.9 Å². The average molecular weight is 514 g/mol. The summed E-state index contributed by atoms with van der Waals surface area (Å²) in [4.78, 5) is 0. The van der Waals surface area contributed by atoms with E-state index in [1.165, 1.54) is 0 Å². The molecule has 0 unspecified atom stereocenters. The van der Waals surface area contributed by atoms with Crippen LogP contribution in [-0.2, 0) is 0 Å². The Hall–Kier alpha value is 7.40. The van der Waals surface area contributed by atoms with Gasteiger partial charge in [-0.2, -0.15) is 0 Å². The van der Waals surface area contributed by atoms with Gasteiger partial charge in [-0.15, -0.1) is 0 Å². The largest absolute Gasteiger partial charge is 1.00 e. The molecule has 0 radical (unpaired) electrons. The minimum Gasteiger partial charge on any atom is -1.00 e. The quantitative estimate of drug-likeness (QED) is 0.282. The summed E-state index contributed by atoms with van der Waals surface area (Å²) in [5.41, 5.74) is 0. The van der Waals surface area contributed by atoms with Crippen LogP contribution in [-0.4, -0.2) is 0 Å². The Labute approximate surface area is 226 Å². The first-order chi connectivity index (χ1) is 0. The van der Waals surface area contributed by atoms with Crippen LogP contribution < -0.4 is 233 Å². The summed E-state index contributed by atoms with van der Waals surface area (Å²) in [6.45, 7) is 0. The summed E-state index contributed by atoms with van der Waals surface area (Å²) >= 11 is 0. The van der Waals surface area contributed by atoms with Crippen molar-refractivity contribution in [1.82, 2.24) is 0 Å². The number of rotatable bonds is 0. The van der Waals surface area contributed by atoms with Crippen molar-refractivity contribution < 1.29 is 233 Å². The maximum absolute atomic E-state index is 0. The van der Waals surface area contributed by atoms with E-state index in [-0.39, 0.29) is 233 Å². The normalized spacial score (nSPS) is 0. The first-order valence-electron chi connectivity index (χ1n) is 0. The summed E-state index contributed by atoms with van der Waals surface area (Å²) < 4.78 is 0. The van der Waals surface area contributed by atoms with Gasteiger partial charge in [-0.05, 0) is 0 Å². The van der Waals surface area contributed by atoms with E-state index in [1.54, 1.807) is 0 Å². The van der Waals surface area contributed by atoms with Gasteiger partial charge in [0, 0.05) is 0 Å². The average Bonchev–Trinajstić information content (AvgIpc) is 0. The van der Waals surface area contributed by atoms with Crippen LogP contribution in [0.4, 0.5) is 0 Å². The van der Waals surface area contributed by atoms with E-state index in [0.29, 0.717) is 0 Å². The summed E-state index contributed by atoms with van der Waals surface area (Å²) in [5.74, 6) is 0. The molecular formula is Br5Na5. The molecule has 0 aromatic rings. The zero-order chi connectivity index (χ0) is 0. The molecule has 0 heterocycles. The molecule has 0 aromatic heterocycles. The minimum atomic E-state index is 0. The van der Waals surface area contributed by atoms with Crippen molar-refractivity contribution in [3.05, 3.63) is 0 Å². The Morgan fingerprint density at radius 1 is 0.200 bits per heavy atom. The Balaban J connectivity index is 0. The van der Waals surface area contributed by atoms with Crippen molar-refractivity contribution in [1.29, 1.82) is 0 Å². The predicted octanol–water partition coefficient (Wildman–Crippen LogP) is -30.0. The van der Waals surface area contributed by atoms with E-state index in [4.69, 9.17) is 0 Å². The third-order valence-electron chi connectivity index (χ3n) is 0. The smallest absolute Gasteiger partial charge is 1.00 e. The first kappa shape index (κ1) is 85.5. The van der Waals surface area contributed by atoms with E-state index < -0.39 is 0 Å². The topological polar surface area (TPSA) is 0 Å². The summed E-state index contributed by atoms with van der Waals surface area (Å²) in [6, 6.07) is 0. The third kappa shape index (κ3) is 58.3. The molecule has 0 saturated heterocycles. The second kappa shape index (κ2) is 71.0. The summed E-state index contributed by atoms with van der Waals surface area (Å²) in [7, 11) is 0. The SMILES string of the molecule is [Br-].[Br-].[Br-].[Br-].[Br-].[Na+].[Na+].[Na+].[Na+].[Na+]. The van der Waals surface area contributed by atoms with Crippen LogP contribution in [0, 0.1) is 0 Å². The predicted molar refractivity (Wildman–Crippen MR) is 0 cm³/mol. The van der Waals surface area contributed by atoms with Crippen LogP contribution in [0.15, 0.2) is 0 Å². The van der Waals surface area contributed by atoms with Crippen LogP contribution in [0.3, 0.4) is 0 Å². The van der Waals surface area contributed by atoms with E-state index in [9.17, 15) is 0 Å². The molecule has 0 atom stereocenters. The number of hydrogen-bond acceptors (Lipinski definition) is 0. The first-order valence-corrected chi connectivity index (χ1v) is 0. The Morgan fingerprint density at radius 3 is 0.200 bits per heavy atom. The van der Waals surface area contributed by atoms with Crippen molar-refractivity contribution in [3.8, 4) is 0 Å². The van der Waals surface area contributed by atoms with Crippen molar-refractivity contribution in [2.24, 2.45) is 0 Å². The molecule has 0 aliphatic heterocycles. The maximum atomic E-state index is 0. The van der Waals surface area contributed by atoms with Gasteiger partial charge in [0.15, 0.2) is 0 Å². The Bertz CT molecular complexity index is 10.0. The molecule has 0 amide bonds. The molecule has 0 rings (SSSR count). The fraction of sp³-hybridized carbons (Fsp3) is 0. The molecule has 0 bridgehead atoms. The molecule has 0 N–H and O–H groups in total. The monoisotopic (exact) mass is 510 g/mol. The van der Waals surface area contributed by atoms with Crippen molar-refractivity contribution in [2.45, 2.75) is 0 Å². The minimum absolute atomic E-state index is 0. The van der Waals surface area contributed by atoms with Gasteiger partial charge in [0.1, 0.15) is 0 Å². The number of hydrogen-bond donors (Lipinski definition) is 0. The van der Waals surface area contributed by atoms with Crippen LogP contribution >= 0.6 is 0 Å². The summed E-state index contributed by atoms with van der Waals surface area (Å²) in [5, 5.41) is 0. The molecule has 0 aromatic carbocycles. The zero-order valence-electron chi connectivity index (χ0n) is 6.89. The Kier molecular flexibility index (Phi) is 607. The molecule has 0 aliphatic rings. The van der Waals surface area contributed by atoms with E-state index in [1.807, 2.05) is 0 Å². The van der Waals surface area contributed by atoms with Crippen molar-refractivity contribution >= 4 is 0 Å².